The Morgan fingerprint density at radius 2 is 1.86 bits per heavy atom. The van der Waals surface area contributed by atoms with E-state index in [-0.39, 0.29) is 11.0 Å². The molecular weight excluding hydrogens is 419 g/mol. The van der Waals surface area contributed by atoms with Crippen LogP contribution in [-0.4, -0.2) is 18.1 Å². The number of carbonyl (C=O) groups excluding carboxylic acids is 1. The van der Waals surface area contributed by atoms with Crippen LogP contribution in [0.1, 0.15) is 16.1 Å². The summed E-state index contributed by atoms with van der Waals surface area (Å²) in [6.45, 7) is 0.329. The molecule has 0 bridgehead atoms. The zero-order valence-electron chi connectivity index (χ0n) is 14.8. The molecule has 0 radical (unpaired) electrons. The molecule has 3 aromatic rings. The van der Waals surface area contributed by atoms with Gasteiger partial charge in [-0.05, 0) is 66.8 Å². The van der Waals surface area contributed by atoms with Crippen LogP contribution in [0.25, 0.3) is 11.3 Å². The Morgan fingerprint density at radius 1 is 1.11 bits per heavy atom. The molecule has 144 valence electrons. The summed E-state index contributed by atoms with van der Waals surface area (Å²) in [6.07, 6.45) is 0. The van der Waals surface area contributed by atoms with E-state index < -0.39 is 0 Å². The number of hydrogen-bond donors (Lipinski definition) is 2. The first-order valence-electron chi connectivity index (χ1n) is 8.23. The summed E-state index contributed by atoms with van der Waals surface area (Å²) in [5.74, 6) is 1.52. The van der Waals surface area contributed by atoms with Crippen molar-refractivity contribution in [2.75, 3.05) is 7.11 Å². The van der Waals surface area contributed by atoms with E-state index in [1.54, 1.807) is 24.3 Å². The van der Waals surface area contributed by atoms with Crippen LogP contribution < -0.4 is 15.4 Å². The van der Waals surface area contributed by atoms with Crippen LogP contribution in [0.15, 0.2) is 59.0 Å². The summed E-state index contributed by atoms with van der Waals surface area (Å²) in [6, 6.07) is 15.8. The Morgan fingerprint density at radius 3 is 2.54 bits per heavy atom. The van der Waals surface area contributed by atoms with Gasteiger partial charge in [-0.15, -0.1) is 0 Å². The molecule has 0 aliphatic heterocycles. The van der Waals surface area contributed by atoms with Gasteiger partial charge < -0.3 is 14.5 Å². The highest BCUT2D eigenvalue weighted by atomic mass is 35.5. The Kier molecular flexibility index (Phi) is 6.57. The van der Waals surface area contributed by atoms with E-state index in [4.69, 9.17) is 44.6 Å². The number of hydrogen-bond acceptors (Lipinski definition) is 4. The number of carbonyl (C=O) groups is 1. The second-order valence-electron chi connectivity index (χ2n) is 5.76. The molecular formula is C20H16Cl2N2O3S. The molecule has 0 fully saturated rings. The third-order valence-corrected chi connectivity index (χ3v) is 4.65. The van der Waals surface area contributed by atoms with Crippen molar-refractivity contribution in [3.63, 3.8) is 0 Å². The summed E-state index contributed by atoms with van der Waals surface area (Å²) >= 11 is 17.1. The molecule has 0 unspecified atom stereocenters. The lowest BCUT2D eigenvalue weighted by molar-refractivity contribution is 0.0976. The van der Waals surface area contributed by atoms with E-state index in [2.05, 4.69) is 10.6 Å². The van der Waals surface area contributed by atoms with Gasteiger partial charge >= 0.3 is 0 Å². The highest BCUT2D eigenvalue weighted by Gasteiger charge is 2.11. The van der Waals surface area contributed by atoms with Gasteiger partial charge in [-0.25, -0.2) is 0 Å². The van der Waals surface area contributed by atoms with Gasteiger partial charge in [-0.1, -0.05) is 23.2 Å². The van der Waals surface area contributed by atoms with Crippen molar-refractivity contribution >= 4 is 46.4 Å². The van der Waals surface area contributed by atoms with E-state index in [0.717, 1.165) is 11.3 Å². The molecule has 0 aliphatic rings. The van der Waals surface area contributed by atoms with E-state index in [1.165, 1.54) is 13.2 Å². The van der Waals surface area contributed by atoms with Crippen molar-refractivity contribution in [2.24, 2.45) is 0 Å². The molecule has 2 N–H and O–H groups in total. The minimum absolute atomic E-state index is 0.182. The maximum Gasteiger partial charge on any atom is 0.257 e. The second kappa shape index (κ2) is 9.10. The minimum atomic E-state index is -0.372. The Labute approximate surface area is 177 Å². The average molecular weight is 435 g/mol. The largest absolute Gasteiger partial charge is 0.495 e. The van der Waals surface area contributed by atoms with E-state index in [9.17, 15) is 4.79 Å². The van der Waals surface area contributed by atoms with Gasteiger partial charge in [0.2, 0.25) is 0 Å². The van der Waals surface area contributed by atoms with Crippen LogP contribution in [-0.2, 0) is 6.54 Å². The summed E-state index contributed by atoms with van der Waals surface area (Å²) in [5.41, 5.74) is 1.29. The van der Waals surface area contributed by atoms with Crippen LogP contribution in [0.2, 0.25) is 10.0 Å². The van der Waals surface area contributed by atoms with Crippen LogP contribution >= 0.6 is 35.4 Å². The van der Waals surface area contributed by atoms with Gasteiger partial charge in [0.1, 0.15) is 17.3 Å². The Hall–Kier alpha value is -2.54. The SMILES string of the molecule is COc1ccc(C(=O)NC(=S)NCc2ccc(-c3ccc(Cl)cc3)o2)cc1Cl. The van der Waals surface area contributed by atoms with Crippen LogP contribution in [0.4, 0.5) is 0 Å². The van der Waals surface area contributed by atoms with Gasteiger partial charge in [0.15, 0.2) is 5.11 Å². The first-order valence-corrected chi connectivity index (χ1v) is 9.40. The summed E-state index contributed by atoms with van der Waals surface area (Å²) < 4.78 is 10.9. The molecule has 0 saturated heterocycles. The number of nitrogens with one attached hydrogen (secondary N) is 2. The highest BCUT2D eigenvalue weighted by Crippen LogP contribution is 2.25. The maximum absolute atomic E-state index is 12.3. The smallest absolute Gasteiger partial charge is 0.257 e. The van der Waals surface area contributed by atoms with E-state index >= 15 is 0 Å². The van der Waals surface area contributed by atoms with Crippen LogP contribution in [0.5, 0.6) is 5.75 Å². The van der Waals surface area contributed by atoms with Crippen molar-refractivity contribution in [1.82, 2.24) is 10.6 Å². The van der Waals surface area contributed by atoms with Gasteiger partial charge in [-0.3, -0.25) is 10.1 Å². The molecule has 1 amide bonds. The summed E-state index contributed by atoms with van der Waals surface area (Å²) in [5, 5.41) is 6.73. The number of ether oxygens (including phenoxy) is 1. The monoisotopic (exact) mass is 434 g/mol. The fraction of sp³-hybridized carbons (Fsp3) is 0.100. The normalized spacial score (nSPS) is 10.4. The Bertz CT molecular complexity index is 1000. The zero-order valence-corrected chi connectivity index (χ0v) is 17.1. The second-order valence-corrected chi connectivity index (χ2v) is 7.01. The Balaban J connectivity index is 1.55. The number of benzene rings is 2. The molecule has 8 heteroatoms. The lowest BCUT2D eigenvalue weighted by Crippen LogP contribution is -2.38. The summed E-state index contributed by atoms with van der Waals surface area (Å²) in [4.78, 5) is 12.3. The first kappa shape index (κ1) is 20.2. The predicted molar refractivity (Wildman–Crippen MR) is 114 cm³/mol. The highest BCUT2D eigenvalue weighted by molar-refractivity contribution is 7.80. The molecule has 1 heterocycles. The first-order chi connectivity index (χ1) is 13.5. The number of furan rings is 1. The lowest BCUT2D eigenvalue weighted by Gasteiger charge is -2.09. The fourth-order valence-corrected chi connectivity index (χ4v) is 2.99. The third-order valence-electron chi connectivity index (χ3n) is 3.85. The standard InChI is InChI=1S/C20H16Cl2N2O3S/c1-26-18-8-4-13(10-16(18)22)19(25)24-20(28)23-11-15-7-9-17(27-15)12-2-5-14(21)6-3-12/h2-10H,11H2,1H3,(H2,23,24,25,28). The van der Waals surface area contributed by atoms with E-state index in [0.29, 0.717) is 33.7 Å². The average Bonchev–Trinajstić information content (AvgIpc) is 3.16. The van der Waals surface area contributed by atoms with Crippen molar-refractivity contribution < 1.29 is 13.9 Å². The number of halogens is 2. The number of rotatable bonds is 5. The molecule has 2 aromatic carbocycles. The van der Waals surface area contributed by atoms with Crippen molar-refractivity contribution in [2.45, 2.75) is 6.54 Å². The number of thiocarbonyl (C=S) groups is 1. The van der Waals surface area contributed by atoms with Crippen molar-refractivity contribution in [3.05, 3.63) is 76.0 Å². The molecule has 28 heavy (non-hydrogen) atoms. The van der Waals surface area contributed by atoms with Gasteiger partial charge in [0.05, 0.1) is 18.7 Å². The van der Waals surface area contributed by atoms with Gasteiger partial charge in [0.25, 0.3) is 5.91 Å². The van der Waals surface area contributed by atoms with E-state index in [1.807, 2.05) is 24.3 Å². The quantitative estimate of drug-likeness (QED) is 0.549. The fourth-order valence-electron chi connectivity index (χ4n) is 2.44. The molecule has 0 spiro atoms. The topological polar surface area (TPSA) is 63.5 Å². The third kappa shape index (κ3) is 5.04. The van der Waals surface area contributed by atoms with Crippen molar-refractivity contribution in [3.8, 4) is 17.1 Å². The van der Waals surface area contributed by atoms with Gasteiger partial charge in [0, 0.05) is 16.1 Å². The van der Waals surface area contributed by atoms with Crippen LogP contribution in [0.3, 0.4) is 0 Å². The van der Waals surface area contributed by atoms with Gasteiger partial charge in [-0.2, -0.15) is 0 Å². The molecule has 0 saturated carbocycles. The predicted octanol–water partition coefficient (Wildman–Crippen LogP) is 5.07. The molecule has 3 rings (SSSR count). The lowest BCUT2D eigenvalue weighted by atomic mass is 10.2. The molecule has 5 nitrogen and oxygen atoms in total. The van der Waals surface area contributed by atoms with Crippen molar-refractivity contribution in [1.29, 1.82) is 0 Å². The minimum Gasteiger partial charge on any atom is -0.495 e. The number of amides is 1. The molecule has 0 aliphatic carbocycles. The maximum atomic E-state index is 12.3. The molecule has 1 aromatic heterocycles. The number of methoxy groups -OCH3 is 1. The zero-order chi connectivity index (χ0) is 20.1. The van der Waals surface area contributed by atoms with Crippen LogP contribution in [0, 0.1) is 0 Å². The summed E-state index contributed by atoms with van der Waals surface area (Å²) in [7, 11) is 1.51. The molecule has 0 atom stereocenters.